The summed E-state index contributed by atoms with van der Waals surface area (Å²) in [5.74, 6) is 0.894. The minimum Gasteiger partial charge on any atom is -0.508 e. The van der Waals surface area contributed by atoms with Gasteiger partial charge in [0.2, 0.25) is 5.91 Å². The van der Waals surface area contributed by atoms with E-state index in [2.05, 4.69) is 33.4 Å². The number of ether oxygens (including phenoxy) is 2. The molecule has 3 fully saturated rings. The number of rotatable bonds is 8. The molecule has 1 aromatic heterocycles. The van der Waals surface area contributed by atoms with Gasteiger partial charge in [-0.3, -0.25) is 9.69 Å². The topological polar surface area (TPSA) is 118 Å². The highest BCUT2D eigenvalue weighted by Gasteiger charge is 2.49. The number of fused-ring (bicyclic) bond motifs is 2. The maximum Gasteiger partial charge on any atom is 0.318 e. The molecule has 1 aliphatic carbocycles. The van der Waals surface area contributed by atoms with E-state index in [0.717, 1.165) is 79.2 Å². The van der Waals surface area contributed by atoms with Crippen LogP contribution in [-0.4, -0.2) is 101 Å². The molecule has 3 aliphatic heterocycles. The number of morpholine rings is 1. The summed E-state index contributed by atoms with van der Waals surface area (Å²) in [6.45, 7) is 10.3. The molecule has 0 unspecified atom stereocenters. The first-order valence-electron chi connectivity index (χ1n) is 15.8. The Hall–Kier alpha value is -4.40. The number of carbonyl (C=O) groups excluding carboxylic acids is 1. The maximum atomic E-state index is 12.6. The lowest BCUT2D eigenvalue weighted by atomic mass is 10.0. The van der Waals surface area contributed by atoms with Crippen LogP contribution in [0.25, 0.3) is 10.8 Å². The van der Waals surface area contributed by atoms with Crippen LogP contribution in [0, 0.1) is 11.3 Å². The minimum absolute atomic E-state index is 0.00425. The van der Waals surface area contributed by atoms with Crippen molar-refractivity contribution in [3.63, 3.8) is 0 Å². The molecular formula is C34H39N7O4. The third kappa shape index (κ3) is 5.76. The molecule has 11 heteroatoms. The van der Waals surface area contributed by atoms with Gasteiger partial charge in [0.25, 0.3) is 0 Å². The molecule has 234 valence electrons. The van der Waals surface area contributed by atoms with Crippen LogP contribution in [-0.2, 0) is 22.5 Å². The van der Waals surface area contributed by atoms with Crippen molar-refractivity contribution in [2.75, 3.05) is 68.9 Å². The number of nitriles is 1. The lowest BCUT2D eigenvalue weighted by Crippen LogP contribution is -2.55. The summed E-state index contributed by atoms with van der Waals surface area (Å²) in [4.78, 5) is 31.3. The SMILES string of the molecule is C=CC(=O)N1CCN(c2nc(OCC3(N4CCOCC4)CC3)nc3c2CCN(c2cc(O)cc4ccccc24)C3)C[C@@H]1CC#N. The number of amides is 1. The van der Waals surface area contributed by atoms with Crippen molar-refractivity contribution >= 4 is 28.2 Å². The number of piperazine rings is 1. The van der Waals surface area contributed by atoms with Crippen LogP contribution in [0.4, 0.5) is 11.5 Å². The van der Waals surface area contributed by atoms with Crippen molar-refractivity contribution in [2.24, 2.45) is 0 Å². The van der Waals surface area contributed by atoms with Crippen molar-refractivity contribution in [1.82, 2.24) is 19.8 Å². The number of hydrogen-bond donors (Lipinski definition) is 1. The van der Waals surface area contributed by atoms with Gasteiger partial charge in [-0.15, -0.1) is 0 Å². The van der Waals surface area contributed by atoms with Gasteiger partial charge in [0.1, 0.15) is 18.2 Å². The predicted octanol–water partition coefficient (Wildman–Crippen LogP) is 3.26. The van der Waals surface area contributed by atoms with E-state index >= 15 is 0 Å². The van der Waals surface area contributed by atoms with Gasteiger partial charge < -0.3 is 29.3 Å². The largest absolute Gasteiger partial charge is 0.508 e. The number of nitrogens with zero attached hydrogens (tertiary/aromatic N) is 7. The highest BCUT2D eigenvalue weighted by Crippen LogP contribution is 2.43. The Morgan fingerprint density at radius 2 is 1.96 bits per heavy atom. The fraction of sp³-hybridized carbons (Fsp3) is 0.471. The second-order valence-electron chi connectivity index (χ2n) is 12.4. The summed E-state index contributed by atoms with van der Waals surface area (Å²) in [7, 11) is 0. The van der Waals surface area contributed by atoms with Gasteiger partial charge in [0, 0.05) is 62.0 Å². The summed E-state index contributed by atoms with van der Waals surface area (Å²) in [6.07, 6.45) is 4.42. The predicted molar refractivity (Wildman–Crippen MR) is 170 cm³/mol. The van der Waals surface area contributed by atoms with Crippen LogP contribution in [0.15, 0.2) is 49.1 Å². The van der Waals surface area contributed by atoms with Crippen LogP contribution in [0.5, 0.6) is 11.8 Å². The van der Waals surface area contributed by atoms with E-state index < -0.39 is 0 Å². The lowest BCUT2D eigenvalue weighted by molar-refractivity contribution is -0.128. The highest BCUT2D eigenvalue weighted by atomic mass is 16.5. The highest BCUT2D eigenvalue weighted by molar-refractivity contribution is 5.95. The van der Waals surface area contributed by atoms with E-state index in [-0.39, 0.29) is 29.7 Å². The smallest absolute Gasteiger partial charge is 0.318 e. The Morgan fingerprint density at radius 3 is 2.73 bits per heavy atom. The number of phenolic OH excluding ortho intramolecular Hbond substituents is 1. The zero-order valence-electron chi connectivity index (χ0n) is 25.5. The number of phenols is 1. The van der Waals surface area contributed by atoms with Gasteiger partial charge in [-0.2, -0.15) is 15.2 Å². The van der Waals surface area contributed by atoms with Gasteiger partial charge in [0.05, 0.1) is 49.5 Å². The number of aromatic hydroxyl groups is 1. The number of aromatic nitrogens is 2. The molecule has 2 saturated heterocycles. The Balaban J connectivity index is 1.21. The fourth-order valence-electron chi connectivity index (χ4n) is 7.12. The molecule has 2 aromatic carbocycles. The molecule has 4 heterocycles. The van der Waals surface area contributed by atoms with Crippen LogP contribution in [0.3, 0.4) is 0 Å². The van der Waals surface area contributed by atoms with Crippen LogP contribution >= 0.6 is 0 Å². The molecule has 7 rings (SSSR count). The normalized spacial score (nSPS) is 21.2. The lowest BCUT2D eigenvalue weighted by Gasteiger charge is -2.42. The van der Waals surface area contributed by atoms with E-state index in [0.29, 0.717) is 45.2 Å². The number of carbonyl (C=O) groups is 1. The molecule has 0 spiro atoms. The molecule has 1 N–H and O–H groups in total. The number of anilines is 2. The molecule has 0 bridgehead atoms. The van der Waals surface area contributed by atoms with Crippen LogP contribution < -0.4 is 14.5 Å². The third-order valence-electron chi connectivity index (χ3n) is 9.73. The van der Waals surface area contributed by atoms with Gasteiger partial charge in [0.15, 0.2) is 0 Å². The van der Waals surface area contributed by atoms with Gasteiger partial charge in [-0.25, -0.2) is 0 Å². The van der Waals surface area contributed by atoms with Crippen molar-refractivity contribution in [3.05, 3.63) is 60.3 Å². The van der Waals surface area contributed by atoms with E-state index in [1.165, 1.54) is 6.08 Å². The summed E-state index contributed by atoms with van der Waals surface area (Å²) in [6, 6.07) is 14.1. The average molecular weight is 610 g/mol. The Morgan fingerprint density at radius 1 is 1.13 bits per heavy atom. The van der Waals surface area contributed by atoms with E-state index in [1.54, 1.807) is 11.0 Å². The zero-order chi connectivity index (χ0) is 31.0. The second kappa shape index (κ2) is 12.2. The Bertz CT molecular complexity index is 1650. The molecule has 4 aliphatic rings. The molecule has 1 atom stereocenters. The molecule has 3 aromatic rings. The van der Waals surface area contributed by atoms with Crippen molar-refractivity contribution in [3.8, 4) is 17.8 Å². The molecular weight excluding hydrogens is 570 g/mol. The third-order valence-corrected chi connectivity index (χ3v) is 9.73. The Labute approximate surface area is 263 Å². The summed E-state index contributed by atoms with van der Waals surface area (Å²) in [5.41, 5.74) is 2.93. The van der Waals surface area contributed by atoms with E-state index in [9.17, 15) is 15.2 Å². The summed E-state index contributed by atoms with van der Waals surface area (Å²) in [5, 5.41) is 22.2. The van der Waals surface area contributed by atoms with Gasteiger partial charge in [-0.1, -0.05) is 30.8 Å². The van der Waals surface area contributed by atoms with Crippen molar-refractivity contribution < 1.29 is 19.4 Å². The first-order valence-corrected chi connectivity index (χ1v) is 15.8. The van der Waals surface area contributed by atoms with Gasteiger partial charge >= 0.3 is 6.01 Å². The number of benzene rings is 2. The first-order chi connectivity index (χ1) is 22.0. The maximum absolute atomic E-state index is 12.6. The zero-order valence-corrected chi connectivity index (χ0v) is 25.5. The first kappa shape index (κ1) is 29.3. The summed E-state index contributed by atoms with van der Waals surface area (Å²) >= 11 is 0. The second-order valence-corrected chi connectivity index (χ2v) is 12.4. The van der Waals surface area contributed by atoms with E-state index in [4.69, 9.17) is 19.4 Å². The monoisotopic (exact) mass is 609 g/mol. The van der Waals surface area contributed by atoms with E-state index in [1.807, 2.05) is 24.3 Å². The van der Waals surface area contributed by atoms with Crippen molar-refractivity contribution in [1.29, 1.82) is 5.26 Å². The fourth-order valence-corrected chi connectivity index (χ4v) is 7.12. The molecule has 11 nitrogen and oxygen atoms in total. The quantitative estimate of drug-likeness (QED) is 0.382. The molecule has 45 heavy (non-hydrogen) atoms. The van der Waals surface area contributed by atoms with Gasteiger partial charge in [-0.05, 0) is 36.8 Å². The molecule has 0 radical (unpaired) electrons. The molecule has 1 amide bonds. The van der Waals surface area contributed by atoms with Crippen molar-refractivity contribution in [2.45, 2.75) is 43.8 Å². The number of hydrogen-bond acceptors (Lipinski definition) is 10. The standard InChI is InChI=1S/C34H39N7O4/c1-2-31(43)41-14-13-39(21-25(41)7-11-35)32-28-8-12-38(30-20-26(42)19-24-5-3-4-6-27(24)30)22-29(28)36-33(37-32)45-23-34(9-10-34)40-15-17-44-18-16-40/h2-6,19-20,25,42H,1,7-10,12-18,21-23H2/t25-/m0/s1. The van der Waals surface area contributed by atoms with Crippen LogP contribution in [0.1, 0.15) is 30.5 Å². The minimum atomic E-state index is -0.265. The summed E-state index contributed by atoms with van der Waals surface area (Å²) < 4.78 is 12.0. The average Bonchev–Trinajstić information content (AvgIpc) is 3.88. The molecule has 1 saturated carbocycles. The van der Waals surface area contributed by atoms with Crippen LogP contribution in [0.2, 0.25) is 0 Å². The Kier molecular flexibility index (Phi) is 7.94.